The smallest absolute Gasteiger partial charge is 0.256 e. The van der Waals surface area contributed by atoms with Crippen LogP contribution in [0.2, 0.25) is 0 Å². The van der Waals surface area contributed by atoms with E-state index in [2.05, 4.69) is 10.3 Å². The number of anilines is 2. The molecule has 0 bridgehead atoms. The van der Waals surface area contributed by atoms with Crippen LogP contribution in [-0.4, -0.2) is 27.4 Å². The molecule has 6 nitrogen and oxygen atoms in total. The molecule has 1 N–H and O–H groups in total. The maximum absolute atomic E-state index is 12.8. The zero-order valence-electron chi connectivity index (χ0n) is 14.8. The minimum atomic E-state index is -0.606. The van der Waals surface area contributed by atoms with Gasteiger partial charge in [0.15, 0.2) is 0 Å². The van der Waals surface area contributed by atoms with Crippen LogP contribution < -0.4 is 10.2 Å². The lowest BCUT2D eigenvalue weighted by molar-refractivity contribution is -0.121. The van der Waals surface area contributed by atoms with Crippen molar-refractivity contribution in [1.29, 1.82) is 0 Å². The van der Waals surface area contributed by atoms with Gasteiger partial charge in [0.25, 0.3) is 5.91 Å². The Morgan fingerprint density at radius 1 is 1.12 bits per heavy atom. The zero-order valence-corrected chi connectivity index (χ0v) is 14.8. The van der Waals surface area contributed by atoms with E-state index in [9.17, 15) is 9.59 Å². The molecule has 2 aromatic carbocycles. The van der Waals surface area contributed by atoms with Gasteiger partial charge in [0.1, 0.15) is 6.04 Å². The number of carbonyl (C=O) groups excluding carboxylic acids is 2. The highest BCUT2D eigenvalue weighted by Crippen LogP contribution is 2.26. The molecule has 2 heterocycles. The molecule has 0 saturated carbocycles. The average molecular weight is 348 g/mol. The van der Waals surface area contributed by atoms with Crippen LogP contribution in [0.3, 0.4) is 0 Å². The maximum Gasteiger partial charge on any atom is 0.256 e. The van der Waals surface area contributed by atoms with Crippen LogP contribution in [0.4, 0.5) is 11.6 Å². The van der Waals surface area contributed by atoms with Gasteiger partial charge in [-0.05, 0) is 38.1 Å². The monoisotopic (exact) mass is 348 g/mol. The summed E-state index contributed by atoms with van der Waals surface area (Å²) in [5.74, 6) is 0.176. The van der Waals surface area contributed by atoms with Crippen molar-refractivity contribution in [2.45, 2.75) is 32.9 Å². The summed E-state index contributed by atoms with van der Waals surface area (Å²) in [4.78, 5) is 31.1. The van der Waals surface area contributed by atoms with Gasteiger partial charge in [0, 0.05) is 6.54 Å². The van der Waals surface area contributed by atoms with E-state index in [1.807, 2.05) is 54.8 Å². The molecule has 1 fully saturated rings. The highest BCUT2D eigenvalue weighted by molar-refractivity contribution is 6.23. The van der Waals surface area contributed by atoms with Crippen LogP contribution in [0.5, 0.6) is 0 Å². The van der Waals surface area contributed by atoms with Crippen molar-refractivity contribution in [1.82, 2.24) is 9.55 Å². The summed E-state index contributed by atoms with van der Waals surface area (Å²) in [6, 6.07) is 14.6. The van der Waals surface area contributed by atoms with Crippen LogP contribution in [0.1, 0.15) is 18.9 Å². The summed E-state index contributed by atoms with van der Waals surface area (Å²) in [7, 11) is 0. The number of hydrogen-bond donors (Lipinski definition) is 1. The predicted octanol–water partition coefficient (Wildman–Crippen LogP) is 3.11. The maximum atomic E-state index is 12.8. The first-order valence-corrected chi connectivity index (χ1v) is 8.73. The first-order chi connectivity index (χ1) is 12.6. The summed E-state index contributed by atoms with van der Waals surface area (Å²) in [6.45, 7) is 4.72. The number of nitrogens with one attached hydrogen (secondary N) is 1. The predicted molar refractivity (Wildman–Crippen MR) is 101 cm³/mol. The lowest BCUT2D eigenvalue weighted by atomic mass is 10.2. The summed E-state index contributed by atoms with van der Waals surface area (Å²) in [5.41, 5.74) is 3.56. The molecule has 0 unspecified atom stereocenters. The average Bonchev–Trinajstić information content (AvgIpc) is 3.13. The quantitative estimate of drug-likeness (QED) is 0.736. The Hall–Kier alpha value is -3.15. The normalized spacial score (nSPS) is 17.3. The molecule has 1 aliphatic heterocycles. The third kappa shape index (κ3) is 2.63. The molecule has 0 spiro atoms. The van der Waals surface area contributed by atoms with Crippen molar-refractivity contribution in [2.75, 3.05) is 10.2 Å². The molecule has 0 aliphatic carbocycles. The first-order valence-electron chi connectivity index (χ1n) is 8.73. The number of hydrogen-bond acceptors (Lipinski definition) is 4. The summed E-state index contributed by atoms with van der Waals surface area (Å²) < 4.78 is 2.02. The van der Waals surface area contributed by atoms with Crippen LogP contribution >= 0.6 is 0 Å². The van der Waals surface area contributed by atoms with Crippen LogP contribution in [0.15, 0.2) is 48.5 Å². The third-order valence-corrected chi connectivity index (χ3v) is 4.71. The van der Waals surface area contributed by atoms with E-state index in [4.69, 9.17) is 0 Å². The fourth-order valence-corrected chi connectivity index (χ4v) is 3.37. The van der Waals surface area contributed by atoms with E-state index < -0.39 is 6.04 Å². The fraction of sp³-hybridized carbons (Fsp3) is 0.250. The largest absolute Gasteiger partial charge is 0.343 e. The van der Waals surface area contributed by atoms with Gasteiger partial charge in [-0.1, -0.05) is 29.8 Å². The molecule has 0 radical (unpaired) electrons. The Balaban J connectivity index is 1.63. The number of aryl methyl sites for hydroxylation is 2. The van der Waals surface area contributed by atoms with Gasteiger partial charge in [-0.15, -0.1) is 0 Å². The number of rotatable bonds is 4. The Morgan fingerprint density at radius 3 is 2.58 bits per heavy atom. The van der Waals surface area contributed by atoms with Gasteiger partial charge in [0.2, 0.25) is 11.9 Å². The topological polar surface area (TPSA) is 67.2 Å². The van der Waals surface area contributed by atoms with Crippen LogP contribution in [0, 0.1) is 6.92 Å². The molecule has 1 saturated heterocycles. The van der Waals surface area contributed by atoms with Crippen molar-refractivity contribution < 1.29 is 9.59 Å². The Morgan fingerprint density at radius 2 is 1.85 bits per heavy atom. The molecule has 6 heteroatoms. The molecule has 2 amide bonds. The highest BCUT2D eigenvalue weighted by Gasteiger charge is 2.40. The number of nitrogens with zero attached hydrogens (tertiary/aromatic N) is 3. The molecular weight excluding hydrogens is 328 g/mol. The summed E-state index contributed by atoms with van der Waals surface area (Å²) in [6.07, 6.45) is 0.125. The zero-order chi connectivity index (χ0) is 18.3. The van der Waals surface area contributed by atoms with Crippen molar-refractivity contribution >= 4 is 34.5 Å². The van der Waals surface area contributed by atoms with Gasteiger partial charge < -0.3 is 9.88 Å². The summed E-state index contributed by atoms with van der Waals surface area (Å²) in [5, 5.41) is 3.18. The number of imide groups is 1. The first kappa shape index (κ1) is 16.3. The number of amides is 2. The van der Waals surface area contributed by atoms with Crippen molar-refractivity contribution in [3.63, 3.8) is 0 Å². The lowest BCUT2D eigenvalue weighted by Gasteiger charge is -2.16. The molecule has 1 aromatic heterocycles. The SMILES string of the molecule is CCn1c(N[C@@H]2CC(=O)N(c3ccc(C)cc3)C2=O)nc2ccccc21. The minimum absolute atomic E-state index is 0.125. The standard InChI is InChI=1S/C20H20N4O2/c1-3-23-17-7-5-4-6-15(17)21-20(23)22-16-12-18(25)24(19(16)26)14-10-8-13(2)9-11-14/h4-11,16H,3,12H2,1-2H3,(H,21,22)/t16-/m1/s1. The van der Waals surface area contributed by atoms with E-state index in [0.717, 1.165) is 23.1 Å². The van der Waals surface area contributed by atoms with Crippen molar-refractivity contribution in [3.8, 4) is 0 Å². The molecule has 3 aromatic rings. The van der Waals surface area contributed by atoms with Crippen molar-refractivity contribution in [2.24, 2.45) is 0 Å². The van der Waals surface area contributed by atoms with E-state index in [-0.39, 0.29) is 18.2 Å². The third-order valence-electron chi connectivity index (χ3n) is 4.71. The van der Waals surface area contributed by atoms with Gasteiger partial charge >= 0.3 is 0 Å². The second kappa shape index (κ2) is 6.29. The van der Waals surface area contributed by atoms with Crippen molar-refractivity contribution in [3.05, 3.63) is 54.1 Å². The molecule has 1 atom stereocenters. The molecular formula is C20H20N4O2. The number of carbonyl (C=O) groups is 2. The van der Waals surface area contributed by atoms with Gasteiger partial charge in [-0.2, -0.15) is 0 Å². The number of aromatic nitrogens is 2. The fourth-order valence-electron chi connectivity index (χ4n) is 3.37. The number of fused-ring (bicyclic) bond motifs is 1. The summed E-state index contributed by atoms with van der Waals surface area (Å²) >= 11 is 0. The molecule has 4 rings (SSSR count). The number of benzene rings is 2. The highest BCUT2D eigenvalue weighted by atomic mass is 16.2. The van der Waals surface area contributed by atoms with Gasteiger partial charge in [-0.25, -0.2) is 9.88 Å². The van der Waals surface area contributed by atoms with E-state index in [1.54, 1.807) is 12.1 Å². The Labute approximate surface area is 151 Å². The number of para-hydroxylation sites is 2. The van der Waals surface area contributed by atoms with Gasteiger partial charge in [-0.3, -0.25) is 9.59 Å². The molecule has 132 valence electrons. The molecule has 26 heavy (non-hydrogen) atoms. The number of imidazole rings is 1. The van der Waals surface area contributed by atoms with Crippen LogP contribution in [0.25, 0.3) is 11.0 Å². The Kier molecular flexibility index (Phi) is 3.95. The van der Waals surface area contributed by atoms with Crippen LogP contribution in [-0.2, 0) is 16.1 Å². The lowest BCUT2D eigenvalue weighted by Crippen LogP contribution is -2.35. The second-order valence-electron chi connectivity index (χ2n) is 6.47. The van der Waals surface area contributed by atoms with E-state index in [1.165, 1.54) is 4.90 Å². The Bertz CT molecular complexity index is 991. The second-order valence-corrected chi connectivity index (χ2v) is 6.47. The van der Waals surface area contributed by atoms with E-state index in [0.29, 0.717) is 11.6 Å². The minimum Gasteiger partial charge on any atom is -0.343 e. The van der Waals surface area contributed by atoms with Gasteiger partial charge in [0.05, 0.1) is 23.1 Å². The van der Waals surface area contributed by atoms with E-state index >= 15 is 0 Å². The molecule has 1 aliphatic rings.